The number of para-hydroxylation sites is 1. The molecule has 1 atom stereocenters. The van der Waals surface area contributed by atoms with Crippen LogP contribution in [0, 0.1) is 0 Å². The lowest BCUT2D eigenvalue weighted by atomic mass is 10.0. The van der Waals surface area contributed by atoms with Gasteiger partial charge in [0.15, 0.2) is 17.4 Å². The van der Waals surface area contributed by atoms with Crippen LogP contribution in [0.5, 0.6) is 0 Å². The van der Waals surface area contributed by atoms with Crippen LogP contribution < -0.4 is 5.32 Å². The van der Waals surface area contributed by atoms with Crippen LogP contribution in [0.4, 0.5) is 0 Å². The molecule has 4 rings (SSSR count). The molecular formula is C25H23N3O3S. The molecule has 0 fully saturated rings. The normalized spacial score (nSPS) is 11.9. The number of hydrogen-bond donors (Lipinski definition) is 1. The minimum absolute atomic E-state index is 0.0330. The highest BCUT2D eigenvalue weighted by atomic mass is 32.2. The molecule has 6 nitrogen and oxygen atoms in total. The molecule has 0 aliphatic heterocycles. The first-order valence-electron chi connectivity index (χ1n) is 10.4. The Morgan fingerprint density at radius 2 is 1.81 bits per heavy atom. The van der Waals surface area contributed by atoms with Gasteiger partial charge in [0, 0.05) is 24.4 Å². The predicted octanol–water partition coefficient (Wildman–Crippen LogP) is 4.93. The van der Waals surface area contributed by atoms with Gasteiger partial charge >= 0.3 is 0 Å². The summed E-state index contributed by atoms with van der Waals surface area (Å²) >= 11 is 1.42. The van der Waals surface area contributed by atoms with Gasteiger partial charge in [-0.05, 0) is 37.1 Å². The van der Waals surface area contributed by atoms with E-state index in [9.17, 15) is 9.59 Å². The summed E-state index contributed by atoms with van der Waals surface area (Å²) in [5.41, 5.74) is 2.53. The molecule has 0 aliphatic carbocycles. The van der Waals surface area contributed by atoms with E-state index in [0.717, 1.165) is 27.9 Å². The highest BCUT2D eigenvalue weighted by molar-refractivity contribution is 8.00. The van der Waals surface area contributed by atoms with Crippen LogP contribution in [-0.2, 0) is 11.2 Å². The van der Waals surface area contributed by atoms with Gasteiger partial charge < -0.3 is 9.73 Å². The number of amides is 1. The number of benzene rings is 2. The first-order valence-corrected chi connectivity index (χ1v) is 11.2. The molecule has 162 valence electrons. The van der Waals surface area contributed by atoms with Gasteiger partial charge in [0.05, 0.1) is 17.0 Å². The van der Waals surface area contributed by atoms with Crippen molar-refractivity contribution in [3.05, 3.63) is 78.1 Å². The monoisotopic (exact) mass is 445 g/mol. The Morgan fingerprint density at radius 1 is 1.03 bits per heavy atom. The van der Waals surface area contributed by atoms with Gasteiger partial charge in [-0.2, -0.15) is 0 Å². The van der Waals surface area contributed by atoms with E-state index in [1.54, 1.807) is 12.3 Å². The van der Waals surface area contributed by atoms with Crippen molar-refractivity contribution in [2.24, 2.45) is 0 Å². The molecule has 1 N–H and O–H groups in total. The predicted molar refractivity (Wildman–Crippen MR) is 126 cm³/mol. The number of ketones is 1. The molecule has 4 aromatic rings. The lowest BCUT2D eigenvalue weighted by Gasteiger charge is -2.13. The van der Waals surface area contributed by atoms with Gasteiger partial charge in [0.25, 0.3) is 0 Å². The number of nitrogens with one attached hydrogen (secondary N) is 1. The van der Waals surface area contributed by atoms with Crippen molar-refractivity contribution in [1.82, 2.24) is 15.3 Å². The molecule has 0 spiro atoms. The summed E-state index contributed by atoms with van der Waals surface area (Å²) in [6.45, 7) is 3.97. The Labute approximate surface area is 190 Å². The average Bonchev–Trinajstić information content (AvgIpc) is 3.34. The maximum atomic E-state index is 13.1. The molecule has 1 unspecified atom stereocenters. The molecule has 1 amide bonds. The van der Waals surface area contributed by atoms with E-state index in [1.165, 1.54) is 18.7 Å². The van der Waals surface area contributed by atoms with Crippen molar-refractivity contribution < 1.29 is 14.0 Å². The molecule has 0 saturated heterocycles. The molecule has 32 heavy (non-hydrogen) atoms. The SMILES string of the molecule is CC(=O)NCCc1ccc(C(=O)C(C)Sc2nc(-c3ccco3)nc3ccccc23)cc1. The lowest BCUT2D eigenvalue weighted by Crippen LogP contribution is -2.22. The quantitative estimate of drug-likeness (QED) is 0.235. The zero-order valence-corrected chi connectivity index (χ0v) is 18.7. The van der Waals surface area contributed by atoms with Gasteiger partial charge in [-0.15, -0.1) is 0 Å². The maximum absolute atomic E-state index is 13.1. The van der Waals surface area contributed by atoms with Gasteiger partial charge in [-0.1, -0.05) is 54.2 Å². The summed E-state index contributed by atoms with van der Waals surface area (Å²) in [6, 6.07) is 18.9. The van der Waals surface area contributed by atoms with Crippen molar-refractivity contribution in [2.45, 2.75) is 30.5 Å². The second kappa shape index (κ2) is 9.78. The summed E-state index contributed by atoms with van der Waals surface area (Å²) in [5, 5.41) is 4.10. The van der Waals surface area contributed by atoms with E-state index in [4.69, 9.17) is 9.40 Å². The van der Waals surface area contributed by atoms with E-state index in [2.05, 4.69) is 10.3 Å². The van der Waals surface area contributed by atoms with Crippen molar-refractivity contribution in [3.8, 4) is 11.6 Å². The second-order valence-corrected chi connectivity index (χ2v) is 8.73. The van der Waals surface area contributed by atoms with Crippen LogP contribution in [0.15, 0.2) is 76.4 Å². The fourth-order valence-corrected chi connectivity index (χ4v) is 4.34. The Hall–Kier alpha value is -3.45. The second-order valence-electron chi connectivity index (χ2n) is 7.40. The largest absolute Gasteiger partial charge is 0.461 e. The molecule has 2 aromatic heterocycles. The zero-order valence-electron chi connectivity index (χ0n) is 17.9. The number of nitrogens with zero attached hydrogens (tertiary/aromatic N) is 2. The Balaban J connectivity index is 1.52. The number of furan rings is 1. The summed E-state index contributed by atoms with van der Waals surface area (Å²) in [7, 11) is 0. The van der Waals surface area contributed by atoms with Crippen LogP contribution >= 0.6 is 11.8 Å². The third-order valence-electron chi connectivity index (χ3n) is 4.99. The third-order valence-corrected chi connectivity index (χ3v) is 6.10. The number of carbonyl (C=O) groups is 2. The average molecular weight is 446 g/mol. The van der Waals surface area contributed by atoms with Crippen LogP contribution in [-0.4, -0.2) is 33.5 Å². The van der Waals surface area contributed by atoms with Crippen molar-refractivity contribution >= 4 is 34.4 Å². The van der Waals surface area contributed by atoms with Crippen LogP contribution in [0.2, 0.25) is 0 Å². The first-order chi connectivity index (χ1) is 15.5. The fraction of sp³-hybridized carbons (Fsp3) is 0.200. The Morgan fingerprint density at radius 3 is 2.53 bits per heavy atom. The molecule has 7 heteroatoms. The number of Topliss-reactive ketones (excluding diaryl/α,β-unsaturated/α-hetero) is 1. The highest BCUT2D eigenvalue weighted by Gasteiger charge is 2.20. The molecule has 0 aliphatic rings. The molecule has 0 radical (unpaired) electrons. The van der Waals surface area contributed by atoms with E-state index >= 15 is 0 Å². The first kappa shape index (κ1) is 21.8. The zero-order chi connectivity index (χ0) is 22.5. The summed E-state index contributed by atoms with van der Waals surface area (Å²) < 4.78 is 5.47. The number of aromatic nitrogens is 2. The van der Waals surface area contributed by atoms with Crippen LogP contribution in [0.1, 0.15) is 29.8 Å². The Kier molecular flexibility index (Phi) is 6.66. The molecule has 2 aromatic carbocycles. The highest BCUT2D eigenvalue weighted by Crippen LogP contribution is 2.32. The number of fused-ring (bicyclic) bond motifs is 1. The number of carbonyl (C=O) groups excluding carboxylic acids is 2. The van der Waals surface area contributed by atoms with Crippen molar-refractivity contribution in [2.75, 3.05) is 6.54 Å². The van der Waals surface area contributed by atoms with E-state index in [0.29, 0.717) is 23.7 Å². The van der Waals surface area contributed by atoms with Crippen LogP contribution in [0.25, 0.3) is 22.5 Å². The summed E-state index contributed by atoms with van der Waals surface area (Å²) in [4.78, 5) is 33.4. The van der Waals surface area contributed by atoms with Crippen molar-refractivity contribution in [1.29, 1.82) is 0 Å². The maximum Gasteiger partial charge on any atom is 0.216 e. The van der Waals surface area contributed by atoms with Gasteiger partial charge in [0.2, 0.25) is 5.91 Å². The summed E-state index contributed by atoms with van der Waals surface area (Å²) in [5.74, 6) is 1.08. The minimum atomic E-state index is -0.331. The standard InChI is InChI=1S/C25H23N3O3S/c1-16(23(30)19-11-9-18(10-12-19)13-14-26-17(2)29)32-25-20-6-3-4-7-21(20)27-24(28-25)22-8-5-15-31-22/h3-12,15-16H,13-14H2,1-2H3,(H,26,29). The lowest BCUT2D eigenvalue weighted by molar-refractivity contribution is -0.118. The van der Waals surface area contributed by atoms with Gasteiger partial charge in [-0.25, -0.2) is 9.97 Å². The summed E-state index contributed by atoms with van der Waals surface area (Å²) in [6.07, 6.45) is 2.31. The van der Waals surface area contributed by atoms with Gasteiger partial charge in [0.1, 0.15) is 5.03 Å². The third kappa shape index (κ3) is 5.06. The molecule has 2 heterocycles. The molecular weight excluding hydrogens is 422 g/mol. The van der Waals surface area contributed by atoms with E-state index in [-0.39, 0.29) is 16.9 Å². The Bertz CT molecular complexity index is 1240. The smallest absolute Gasteiger partial charge is 0.216 e. The minimum Gasteiger partial charge on any atom is -0.461 e. The number of thioether (sulfide) groups is 1. The molecule has 0 saturated carbocycles. The fourth-order valence-electron chi connectivity index (χ4n) is 3.33. The van der Waals surface area contributed by atoms with Crippen LogP contribution in [0.3, 0.4) is 0 Å². The molecule has 0 bridgehead atoms. The van der Waals surface area contributed by atoms with Crippen molar-refractivity contribution in [3.63, 3.8) is 0 Å². The van der Waals surface area contributed by atoms with E-state index < -0.39 is 0 Å². The topological polar surface area (TPSA) is 85.1 Å². The van der Waals surface area contributed by atoms with Gasteiger partial charge in [-0.3, -0.25) is 9.59 Å². The van der Waals surface area contributed by atoms with E-state index in [1.807, 2.05) is 61.5 Å². The number of rotatable bonds is 8. The number of hydrogen-bond acceptors (Lipinski definition) is 6.